The molecule has 0 spiro atoms. The Kier molecular flexibility index (Phi) is 4.49. The predicted molar refractivity (Wildman–Crippen MR) is 105 cm³/mol. The van der Waals surface area contributed by atoms with Crippen LogP contribution < -0.4 is 11.0 Å². The van der Waals surface area contributed by atoms with E-state index in [4.69, 9.17) is 4.52 Å². The molecular formula is C20H25N5O3. The Hall–Kier alpha value is -3.03. The van der Waals surface area contributed by atoms with Gasteiger partial charge in [-0.15, -0.1) is 0 Å². The molecule has 1 saturated heterocycles. The van der Waals surface area contributed by atoms with Gasteiger partial charge in [0.15, 0.2) is 0 Å². The molecule has 1 aliphatic rings. The van der Waals surface area contributed by atoms with Gasteiger partial charge in [0, 0.05) is 32.7 Å². The number of aryl methyl sites for hydroxylation is 4. The number of carbonyl (C=O) groups is 1. The van der Waals surface area contributed by atoms with E-state index in [0.717, 1.165) is 46.5 Å². The molecule has 3 heterocycles. The molecular weight excluding hydrogens is 358 g/mol. The van der Waals surface area contributed by atoms with Crippen LogP contribution in [-0.4, -0.2) is 31.8 Å². The van der Waals surface area contributed by atoms with E-state index in [1.54, 1.807) is 23.2 Å². The highest BCUT2D eigenvalue weighted by molar-refractivity contribution is 5.78. The highest BCUT2D eigenvalue weighted by Gasteiger charge is 2.33. The zero-order valence-corrected chi connectivity index (χ0v) is 16.7. The number of hydrogen-bond acceptors (Lipinski definition) is 4. The number of imidazole rings is 1. The molecule has 4 rings (SSSR count). The third kappa shape index (κ3) is 2.89. The van der Waals surface area contributed by atoms with Crippen LogP contribution in [0.4, 0.5) is 4.79 Å². The Morgan fingerprint density at radius 1 is 1.25 bits per heavy atom. The molecule has 2 amide bonds. The number of likely N-dealkylation sites (tertiary alicyclic amines) is 1. The molecule has 1 aliphatic heterocycles. The highest BCUT2D eigenvalue weighted by atomic mass is 16.5. The summed E-state index contributed by atoms with van der Waals surface area (Å²) in [5.41, 5.74) is 4.49. The van der Waals surface area contributed by atoms with Gasteiger partial charge >= 0.3 is 11.7 Å². The molecule has 1 aromatic carbocycles. The van der Waals surface area contributed by atoms with Crippen LogP contribution in [0.3, 0.4) is 0 Å². The normalized spacial score (nSPS) is 16.9. The van der Waals surface area contributed by atoms with Gasteiger partial charge < -0.3 is 14.7 Å². The molecule has 1 unspecified atom stereocenters. The van der Waals surface area contributed by atoms with Gasteiger partial charge in [0.05, 0.1) is 22.8 Å². The van der Waals surface area contributed by atoms with Crippen LogP contribution in [0.1, 0.15) is 41.5 Å². The number of fused-ring (bicyclic) bond motifs is 1. The third-order valence-corrected chi connectivity index (χ3v) is 5.72. The minimum atomic E-state index is -0.0930. The minimum Gasteiger partial charge on any atom is -0.361 e. The monoisotopic (exact) mass is 383 g/mol. The lowest BCUT2D eigenvalue weighted by atomic mass is 10.0. The molecule has 0 aliphatic carbocycles. The fourth-order valence-electron chi connectivity index (χ4n) is 4.22. The summed E-state index contributed by atoms with van der Waals surface area (Å²) >= 11 is 0. The predicted octanol–water partition coefficient (Wildman–Crippen LogP) is 2.53. The first-order valence-electron chi connectivity index (χ1n) is 9.50. The van der Waals surface area contributed by atoms with Gasteiger partial charge in [-0.25, -0.2) is 9.59 Å². The SMILES string of the molecule is Cc1noc(C)c1C1CCCN1C(=O)NCc1ccc2c(c1)n(C)c(=O)n2C. The number of nitrogens with zero attached hydrogens (tertiary/aromatic N) is 4. The minimum absolute atomic E-state index is 0.00340. The molecule has 28 heavy (non-hydrogen) atoms. The van der Waals surface area contributed by atoms with Crippen molar-refractivity contribution in [3.63, 3.8) is 0 Å². The first kappa shape index (κ1) is 18.3. The molecule has 0 radical (unpaired) electrons. The molecule has 148 valence electrons. The lowest BCUT2D eigenvalue weighted by Gasteiger charge is -2.25. The van der Waals surface area contributed by atoms with E-state index in [-0.39, 0.29) is 17.8 Å². The van der Waals surface area contributed by atoms with Gasteiger partial charge in [0.25, 0.3) is 0 Å². The van der Waals surface area contributed by atoms with Crippen molar-refractivity contribution in [1.29, 1.82) is 0 Å². The van der Waals surface area contributed by atoms with E-state index in [0.29, 0.717) is 13.1 Å². The number of rotatable bonds is 3. The van der Waals surface area contributed by atoms with Crippen LogP contribution in [0.2, 0.25) is 0 Å². The Morgan fingerprint density at radius 2 is 2.00 bits per heavy atom. The van der Waals surface area contributed by atoms with Crippen molar-refractivity contribution in [2.45, 2.75) is 39.3 Å². The van der Waals surface area contributed by atoms with Gasteiger partial charge in [-0.2, -0.15) is 0 Å². The maximum atomic E-state index is 12.8. The van der Waals surface area contributed by atoms with E-state index in [2.05, 4.69) is 10.5 Å². The first-order valence-corrected chi connectivity index (χ1v) is 9.50. The van der Waals surface area contributed by atoms with Crippen molar-refractivity contribution in [1.82, 2.24) is 24.5 Å². The highest BCUT2D eigenvalue weighted by Crippen LogP contribution is 2.35. The number of carbonyl (C=O) groups excluding carboxylic acids is 1. The summed E-state index contributed by atoms with van der Waals surface area (Å²) in [6.45, 7) is 4.93. The second-order valence-electron chi connectivity index (χ2n) is 7.47. The summed E-state index contributed by atoms with van der Waals surface area (Å²) in [6, 6.07) is 5.72. The molecule has 8 heteroatoms. The largest absolute Gasteiger partial charge is 0.361 e. The lowest BCUT2D eigenvalue weighted by molar-refractivity contribution is 0.192. The number of urea groups is 1. The van der Waals surface area contributed by atoms with Gasteiger partial charge in [-0.1, -0.05) is 11.2 Å². The maximum Gasteiger partial charge on any atom is 0.328 e. The van der Waals surface area contributed by atoms with Crippen molar-refractivity contribution >= 4 is 17.1 Å². The summed E-state index contributed by atoms with van der Waals surface area (Å²) < 4.78 is 8.53. The lowest BCUT2D eigenvalue weighted by Crippen LogP contribution is -2.39. The van der Waals surface area contributed by atoms with Gasteiger partial charge in [-0.3, -0.25) is 9.13 Å². The van der Waals surface area contributed by atoms with Crippen LogP contribution in [0, 0.1) is 13.8 Å². The van der Waals surface area contributed by atoms with Crippen molar-refractivity contribution in [3.8, 4) is 0 Å². The summed E-state index contributed by atoms with van der Waals surface area (Å²) in [5.74, 6) is 0.776. The number of amides is 2. The van der Waals surface area contributed by atoms with Crippen LogP contribution in [0.15, 0.2) is 27.5 Å². The molecule has 1 atom stereocenters. The Bertz CT molecular complexity index is 1090. The van der Waals surface area contributed by atoms with Crippen LogP contribution in [0.5, 0.6) is 0 Å². The second-order valence-corrected chi connectivity index (χ2v) is 7.47. The van der Waals surface area contributed by atoms with Crippen molar-refractivity contribution < 1.29 is 9.32 Å². The standard InChI is InChI=1S/C20H25N5O3/c1-12-18(13(2)28-22-12)16-6-5-9-25(16)19(26)21-11-14-7-8-15-17(10-14)24(4)20(27)23(15)3/h7-8,10,16H,5-6,9,11H2,1-4H3,(H,21,26). The van der Waals surface area contributed by atoms with Crippen molar-refractivity contribution in [3.05, 3.63) is 51.3 Å². The van der Waals surface area contributed by atoms with Gasteiger partial charge in [0.1, 0.15) is 5.76 Å². The molecule has 0 bridgehead atoms. The maximum absolute atomic E-state index is 12.8. The van der Waals surface area contributed by atoms with Crippen LogP contribution >= 0.6 is 0 Å². The van der Waals surface area contributed by atoms with E-state index >= 15 is 0 Å². The quantitative estimate of drug-likeness (QED) is 0.753. The average molecular weight is 383 g/mol. The van der Waals surface area contributed by atoms with E-state index in [1.807, 2.05) is 36.9 Å². The molecule has 0 saturated carbocycles. The Morgan fingerprint density at radius 3 is 2.71 bits per heavy atom. The fraction of sp³-hybridized carbons (Fsp3) is 0.450. The van der Waals surface area contributed by atoms with E-state index in [9.17, 15) is 9.59 Å². The number of nitrogens with one attached hydrogen (secondary N) is 1. The Balaban J connectivity index is 1.50. The van der Waals surface area contributed by atoms with Crippen LogP contribution in [-0.2, 0) is 20.6 Å². The molecule has 2 aromatic heterocycles. The summed E-state index contributed by atoms with van der Waals surface area (Å²) in [4.78, 5) is 26.8. The topological polar surface area (TPSA) is 85.3 Å². The van der Waals surface area contributed by atoms with Crippen LogP contribution in [0.25, 0.3) is 11.0 Å². The van der Waals surface area contributed by atoms with E-state index < -0.39 is 0 Å². The van der Waals surface area contributed by atoms with Gasteiger partial charge in [0.2, 0.25) is 0 Å². The summed E-state index contributed by atoms with van der Waals surface area (Å²) in [5, 5.41) is 7.05. The zero-order chi connectivity index (χ0) is 20.0. The molecule has 1 N–H and O–H groups in total. The smallest absolute Gasteiger partial charge is 0.328 e. The second kappa shape index (κ2) is 6.85. The first-order chi connectivity index (χ1) is 13.4. The fourth-order valence-corrected chi connectivity index (χ4v) is 4.22. The number of benzene rings is 1. The molecule has 8 nitrogen and oxygen atoms in total. The third-order valence-electron chi connectivity index (χ3n) is 5.72. The molecule has 1 fully saturated rings. The number of hydrogen-bond donors (Lipinski definition) is 1. The number of aromatic nitrogens is 3. The Labute approximate surface area is 162 Å². The van der Waals surface area contributed by atoms with Gasteiger partial charge in [-0.05, 0) is 44.4 Å². The average Bonchev–Trinajstić information content (AvgIpc) is 3.34. The van der Waals surface area contributed by atoms with Crippen molar-refractivity contribution in [2.75, 3.05) is 6.54 Å². The van der Waals surface area contributed by atoms with E-state index in [1.165, 1.54) is 0 Å². The summed E-state index contributed by atoms with van der Waals surface area (Å²) in [6.07, 6.45) is 1.87. The van der Waals surface area contributed by atoms with Crippen molar-refractivity contribution in [2.24, 2.45) is 14.1 Å². The summed E-state index contributed by atoms with van der Waals surface area (Å²) in [7, 11) is 3.51. The zero-order valence-electron chi connectivity index (χ0n) is 16.7. The molecule has 3 aromatic rings.